The molecule has 1 aromatic heterocycles. The van der Waals surface area contributed by atoms with E-state index in [0.717, 1.165) is 67.6 Å². The zero-order chi connectivity index (χ0) is 19.5. The van der Waals surface area contributed by atoms with Gasteiger partial charge in [-0.25, -0.2) is 4.98 Å². The van der Waals surface area contributed by atoms with E-state index in [9.17, 15) is 4.79 Å². The SMILES string of the molecule is COc1ccc(-c2nc(CN3CCN(C(C)C(=O)NC4CC4)CC3)cs2)cc1. The molecule has 1 unspecified atom stereocenters. The average Bonchev–Trinajstić information content (AvgIpc) is 3.43. The van der Waals surface area contributed by atoms with Gasteiger partial charge in [0.25, 0.3) is 0 Å². The summed E-state index contributed by atoms with van der Waals surface area (Å²) in [5.41, 5.74) is 2.24. The van der Waals surface area contributed by atoms with Crippen LogP contribution in [0.15, 0.2) is 29.6 Å². The zero-order valence-corrected chi connectivity index (χ0v) is 17.4. The number of ether oxygens (including phenoxy) is 1. The molecule has 150 valence electrons. The molecule has 1 saturated carbocycles. The van der Waals surface area contributed by atoms with E-state index < -0.39 is 0 Å². The topological polar surface area (TPSA) is 57.7 Å². The van der Waals surface area contributed by atoms with Crippen molar-refractivity contribution >= 4 is 17.2 Å². The first kappa shape index (κ1) is 19.4. The molecule has 4 rings (SSSR count). The van der Waals surface area contributed by atoms with Gasteiger partial charge >= 0.3 is 0 Å². The Morgan fingerprint density at radius 3 is 2.61 bits per heavy atom. The summed E-state index contributed by atoms with van der Waals surface area (Å²) in [5, 5.41) is 6.31. The van der Waals surface area contributed by atoms with Gasteiger partial charge in [0.2, 0.25) is 5.91 Å². The summed E-state index contributed by atoms with van der Waals surface area (Å²) in [6.07, 6.45) is 2.27. The summed E-state index contributed by atoms with van der Waals surface area (Å²) in [5.74, 6) is 1.04. The number of nitrogens with zero attached hydrogens (tertiary/aromatic N) is 3. The fourth-order valence-electron chi connectivity index (χ4n) is 3.50. The Morgan fingerprint density at radius 1 is 1.25 bits per heavy atom. The quantitative estimate of drug-likeness (QED) is 0.774. The highest BCUT2D eigenvalue weighted by Crippen LogP contribution is 2.26. The van der Waals surface area contributed by atoms with Gasteiger partial charge in [-0.05, 0) is 44.0 Å². The lowest BCUT2D eigenvalue weighted by Crippen LogP contribution is -2.53. The third kappa shape index (κ3) is 4.71. The Hall–Kier alpha value is -1.96. The molecule has 2 fully saturated rings. The molecule has 1 aliphatic heterocycles. The number of nitrogens with one attached hydrogen (secondary N) is 1. The molecule has 2 aliphatic rings. The summed E-state index contributed by atoms with van der Waals surface area (Å²) >= 11 is 1.68. The molecule has 1 N–H and O–H groups in total. The lowest BCUT2D eigenvalue weighted by Gasteiger charge is -2.37. The lowest BCUT2D eigenvalue weighted by molar-refractivity contribution is -0.126. The molecule has 1 aromatic carbocycles. The van der Waals surface area contributed by atoms with Crippen molar-refractivity contribution in [2.45, 2.75) is 38.4 Å². The second-order valence-electron chi connectivity index (χ2n) is 7.64. The Bertz CT molecular complexity index is 795. The van der Waals surface area contributed by atoms with Gasteiger partial charge in [-0.3, -0.25) is 14.6 Å². The Kier molecular flexibility index (Phi) is 5.94. The van der Waals surface area contributed by atoms with Crippen molar-refractivity contribution in [1.29, 1.82) is 0 Å². The highest BCUT2D eigenvalue weighted by molar-refractivity contribution is 7.13. The van der Waals surface area contributed by atoms with Gasteiger partial charge in [0.05, 0.1) is 18.8 Å². The number of carbonyl (C=O) groups excluding carboxylic acids is 1. The molecule has 1 atom stereocenters. The normalized spacial score (nSPS) is 19.4. The summed E-state index contributed by atoms with van der Waals surface area (Å²) in [6.45, 7) is 6.68. The van der Waals surface area contributed by atoms with Crippen LogP contribution in [0.3, 0.4) is 0 Å². The van der Waals surface area contributed by atoms with Crippen molar-refractivity contribution in [3.8, 4) is 16.3 Å². The van der Waals surface area contributed by atoms with Gasteiger partial charge in [0.1, 0.15) is 10.8 Å². The minimum atomic E-state index is -0.0382. The monoisotopic (exact) mass is 400 g/mol. The Balaban J connectivity index is 1.27. The number of rotatable bonds is 7. The highest BCUT2D eigenvalue weighted by Gasteiger charge is 2.30. The van der Waals surface area contributed by atoms with Gasteiger partial charge in [-0.2, -0.15) is 0 Å². The molecular weight excluding hydrogens is 372 g/mol. The predicted molar refractivity (Wildman–Crippen MR) is 112 cm³/mol. The molecule has 0 bridgehead atoms. The van der Waals surface area contributed by atoms with Crippen molar-refractivity contribution in [2.75, 3.05) is 33.3 Å². The van der Waals surface area contributed by atoms with Crippen LogP contribution in [-0.2, 0) is 11.3 Å². The van der Waals surface area contributed by atoms with Crippen LogP contribution in [0.4, 0.5) is 0 Å². The first-order valence-corrected chi connectivity index (χ1v) is 10.9. The smallest absolute Gasteiger partial charge is 0.237 e. The van der Waals surface area contributed by atoms with Gasteiger partial charge in [-0.15, -0.1) is 11.3 Å². The van der Waals surface area contributed by atoms with Gasteiger partial charge in [0, 0.05) is 49.7 Å². The van der Waals surface area contributed by atoms with Crippen molar-refractivity contribution in [3.63, 3.8) is 0 Å². The van der Waals surface area contributed by atoms with Gasteiger partial charge < -0.3 is 10.1 Å². The van der Waals surface area contributed by atoms with Gasteiger partial charge in [0.15, 0.2) is 0 Å². The fourth-order valence-corrected chi connectivity index (χ4v) is 4.32. The van der Waals surface area contributed by atoms with Crippen LogP contribution in [0.5, 0.6) is 5.75 Å². The van der Waals surface area contributed by atoms with Crippen LogP contribution in [-0.4, -0.2) is 66.1 Å². The van der Waals surface area contributed by atoms with Crippen LogP contribution in [0.2, 0.25) is 0 Å². The Morgan fingerprint density at radius 2 is 1.96 bits per heavy atom. The van der Waals surface area contributed by atoms with E-state index in [0.29, 0.717) is 6.04 Å². The maximum Gasteiger partial charge on any atom is 0.237 e. The van der Waals surface area contributed by atoms with Gasteiger partial charge in [-0.1, -0.05) is 0 Å². The molecule has 1 amide bonds. The van der Waals surface area contributed by atoms with E-state index in [1.807, 2.05) is 31.2 Å². The molecule has 28 heavy (non-hydrogen) atoms. The largest absolute Gasteiger partial charge is 0.497 e. The van der Waals surface area contributed by atoms with Crippen LogP contribution in [0.1, 0.15) is 25.5 Å². The first-order chi connectivity index (χ1) is 13.6. The minimum absolute atomic E-state index is 0.0382. The number of amides is 1. The van der Waals surface area contributed by atoms with Crippen LogP contribution < -0.4 is 10.1 Å². The average molecular weight is 401 g/mol. The number of methoxy groups -OCH3 is 1. The highest BCUT2D eigenvalue weighted by atomic mass is 32.1. The van der Waals surface area contributed by atoms with Crippen LogP contribution in [0, 0.1) is 0 Å². The number of piperazine rings is 1. The van der Waals surface area contributed by atoms with E-state index in [4.69, 9.17) is 9.72 Å². The summed E-state index contributed by atoms with van der Waals surface area (Å²) in [7, 11) is 1.68. The molecule has 7 heteroatoms. The summed E-state index contributed by atoms with van der Waals surface area (Å²) in [6, 6.07) is 8.43. The first-order valence-electron chi connectivity index (χ1n) is 9.98. The molecule has 1 aliphatic carbocycles. The molecule has 2 aromatic rings. The summed E-state index contributed by atoms with van der Waals surface area (Å²) in [4.78, 5) is 21.8. The van der Waals surface area contributed by atoms with E-state index in [1.165, 1.54) is 0 Å². The van der Waals surface area contributed by atoms with E-state index in [1.54, 1.807) is 18.4 Å². The third-order valence-corrected chi connectivity index (χ3v) is 6.47. The van der Waals surface area contributed by atoms with Crippen molar-refractivity contribution in [1.82, 2.24) is 20.1 Å². The number of aromatic nitrogens is 1. The van der Waals surface area contributed by atoms with E-state index in [2.05, 4.69) is 20.5 Å². The number of thiazole rings is 1. The van der Waals surface area contributed by atoms with Crippen LogP contribution in [0.25, 0.3) is 10.6 Å². The zero-order valence-electron chi connectivity index (χ0n) is 16.6. The molecular formula is C21H28N4O2S. The maximum atomic E-state index is 12.3. The molecule has 0 radical (unpaired) electrons. The number of hydrogen-bond donors (Lipinski definition) is 1. The minimum Gasteiger partial charge on any atom is -0.497 e. The lowest BCUT2D eigenvalue weighted by atomic mass is 10.2. The second kappa shape index (κ2) is 8.59. The van der Waals surface area contributed by atoms with Crippen molar-refractivity contribution < 1.29 is 9.53 Å². The van der Waals surface area contributed by atoms with E-state index >= 15 is 0 Å². The fraction of sp³-hybridized carbons (Fsp3) is 0.524. The van der Waals surface area contributed by atoms with Crippen LogP contribution >= 0.6 is 11.3 Å². The number of carbonyl (C=O) groups is 1. The molecule has 2 heterocycles. The molecule has 1 saturated heterocycles. The van der Waals surface area contributed by atoms with Crippen molar-refractivity contribution in [3.05, 3.63) is 35.3 Å². The standard InChI is InChI=1S/C21H28N4O2S/c1-15(20(26)22-17-5-6-17)25-11-9-24(10-12-25)13-18-14-28-21(23-18)16-3-7-19(27-2)8-4-16/h3-4,7-8,14-15,17H,5-6,9-13H2,1-2H3,(H,22,26). The third-order valence-electron chi connectivity index (χ3n) is 5.53. The number of benzene rings is 1. The van der Waals surface area contributed by atoms with Crippen molar-refractivity contribution in [2.24, 2.45) is 0 Å². The maximum absolute atomic E-state index is 12.3. The molecule has 6 nitrogen and oxygen atoms in total. The van der Waals surface area contributed by atoms with E-state index in [-0.39, 0.29) is 11.9 Å². The second-order valence-corrected chi connectivity index (χ2v) is 8.50. The molecule has 0 spiro atoms. The number of hydrogen-bond acceptors (Lipinski definition) is 6. The Labute approximate surface area is 170 Å². The predicted octanol–water partition coefficient (Wildman–Crippen LogP) is 2.60. The summed E-state index contributed by atoms with van der Waals surface area (Å²) < 4.78 is 5.22.